The van der Waals surface area contributed by atoms with Crippen LogP contribution in [0.4, 0.5) is 5.82 Å². The van der Waals surface area contributed by atoms with Crippen LogP contribution in [0.15, 0.2) is 6.20 Å². The van der Waals surface area contributed by atoms with Crippen LogP contribution < -0.4 is 5.73 Å². The molecule has 0 saturated heterocycles. The smallest absolute Gasteiger partial charge is 0.343 e. The number of nitrogens with two attached hydrogens (primary N) is 1. The van der Waals surface area contributed by atoms with Gasteiger partial charge in [0.2, 0.25) is 0 Å². The highest BCUT2D eigenvalue weighted by molar-refractivity contribution is 5.93. The van der Waals surface area contributed by atoms with Crippen LogP contribution in [-0.2, 0) is 11.3 Å². The molecule has 0 radical (unpaired) electrons. The Hall–Kier alpha value is -1.27. The Morgan fingerprint density at radius 1 is 1.73 bits per heavy atom. The fraction of sp³-hybridized carbons (Fsp3) is 0.500. The van der Waals surface area contributed by atoms with E-state index in [-0.39, 0.29) is 36.9 Å². The fourth-order valence-electron chi connectivity index (χ4n) is 1.03. The molecule has 0 aliphatic heterocycles. The van der Waals surface area contributed by atoms with Gasteiger partial charge in [-0.15, -0.1) is 12.4 Å². The number of aromatic nitrogens is 2. The summed E-state index contributed by atoms with van der Waals surface area (Å²) in [5, 5.41) is 12.5. The van der Waals surface area contributed by atoms with Crippen molar-refractivity contribution in [2.24, 2.45) is 0 Å². The fourth-order valence-corrected chi connectivity index (χ4v) is 1.03. The largest absolute Gasteiger partial charge is 0.462 e. The Morgan fingerprint density at radius 2 is 2.40 bits per heavy atom. The molecule has 1 aromatic rings. The normalized spacial score (nSPS) is 9.47. The van der Waals surface area contributed by atoms with Crippen molar-refractivity contribution in [3.63, 3.8) is 0 Å². The first-order valence-corrected chi connectivity index (χ1v) is 4.30. The first-order chi connectivity index (χ1) is 6.70. The maximum absolute atomic E-state index is 11.3. The van der Waals surface area contributed by atoms with Gasteiger partial charge >= 0.3 is 5.97 Å². The average molecular weight is 236 g/mol. The third-order valence-electron chi connectivity index (χ3n) is 1.69. The molecule has 0 spiro atoms. The summed E-state index contributed by atoms with van der Waals surface area (Å²) in [6.45, 7) is 2.20. The molecule has 0 bridgehead atoms. The minimum Gasteiger partial charge on any atom is -0.462 e. The van der Waals surface area contributed by atoms with Gasteiger partial charge in [0.15, 0.2) is 0 Å². The number of carbonyl (C=O) groups excluding carboxylic acids is 1. The highest BCUT2D eigenvalue weighted by Crippen LogP contribution is 2.11. The number of hydrogen-bond acceptors (Lipinski definition) is 5. The van der Waals surface area contributed by atoms with Crippen LogP contribution >= 0.6 is 12.4 Å². The molecule has 1 rings (SSSR count). The molecule has 3 N–H and O–H groups in total. The number of hydrogen-bond donors (Lipinski definition) is 2. The zero-order valence-electron chi connectivity index (χ0n) is 8.34. The lowest BCUT2D eigenvalue weighted by Crippen LogP contribution is -2.11. The Balaban J connectivity index is 0.00000196. The number of nitrogens with zero attached hydrogens (tertiary/aromatic N) is 2. The minimum atomic E-state index is -0.491. The predicted molar refractivity (Wildman–Crippen MR) is 56.9 cm³/mol. The van der Waals surface area contributed by atoms with E-state index in [2.05, 4.69) is 5.10 Å². The van der Waals surface area contributed by atoms with E-state index in [9.17, 15) is 4.79 Å². The zero-order chi connectivity index (χ0) is 10.6. The molecule has 0 saturated carbocycles. The Labute approximate surface area is 93.4 Å². The standard InChI is InChI=1S/C8H13N3O3.ClH/c1-2-14-8(13)6-5-10-11(3-4-12)7(6)9;/h5,12H,2-4,9H2,1H3;1H. The summed E-state index contributed by atoms with van der Waals surface area (Å²) in [5.74, 6) is -0.272. The molecule has 15 heavy (non-hydrogen) atoms. The van der Waals surface area contributed by atoms with Gasteiger partial charge in [0, 0.05) is 0 Å². The monoisotopic (exact) mass is 235 g/mol. The second-order valence-electron chi connectivity index (χ2n) is 2.61. The molecular weight excluding hydrogens is 222 g/mol. The molecule has 6 nitrogen and oxygen atoms in total. The highest BCUT2D eigenvalue weighted by Gasteiger charge is 2.15. The second kappa shape index (κ2) is 6.26. The lowest BCUT2D eigenvalue weighted by molar-refractivity contribution is 0.0527. The van der Waals surface area contributed by atoms with E-state index in [0.717, 1.165) is 0 Å². The van der Waals surface area contributed by atoms with Crippen LogP contribution in [0, 0.1) is 0 Å². The van der Waals surface area contributed by atoms with Crippen molar-refractivity contribution in [3.05, 3.63) is 11.8 Å². The van der Waals surface area contributed by atoms with E-state index in [1.165, 1.54) is 10.9 Å². The van der Waals surface area contributed by atoms with E-state index >= 15 is 0 Å². The summed E-state index contributed by atoms with van der Waals surface area (Å²) in [5.41, 5.74) is 5.85. The highest BCUT2D eigenvalue weighted by atomic mass is 35.5. The number of nitrogen functional groups attached to an aromatic ring is 1. The summed E-state index contributed by atoms with van der Waals surface area (Å²) in [4.78, 5) is 11.3. The summed E-state index contributed by atoms with van der Waals surface area (Å²) in [6.07, 6.45) is 1.34. The van der Waals surface area contributed by atoms with Crippen molar-refractivity contribution in [1.29, 1.82) is 0 Å². The summed E-state index contributed by atoms with van der Waals surface area (Å²) < 4.78 is 6.12. The number of aliphatic hydroxyl groups is 1. The van der Waals surface area contributed by atoms with E-state index in [4.69, 9.17) is 15.6 Å². The third kappa shape index (κ3) is 3.10. The lowest BCUT2D eigenvalue weighted by Gasteiger charge is -2.02. The van der Waals surface area contributed by atoms with Gasteiger partial charge < -0.3 is 15.6 Å². The van der Waals surface area contributed by atoms with Crippen molar-refractivity contribution in [2.75, 3.05) is 18.9 Å². The number of halogens is 1. The van der Waals surface area contributed by atoms with E-state index in [1.54, 1.807) is 6.92 Å². The molecular formula is C8H14ClN3O3. The van der Waals surface area contributed by atoms with Gasteiger partial charge in [-0.2, -0.15) is 5.10 Å². The van der Waals surface area contributed by atoms with Gasteiger partial charge in [-0.3, -0.25) is 0 Å². The van der Waals surface area contributed by atoms with Crippen molar-refractivity contribution in [2.45, 2.75) is 13.5 Å². The molecule has 0 fully saturated rings. The predicted octanol–water partition coefficient (Wildman–Crippen LogP) is 0.0561. The average Bonchev–Trinajstić information content (AvgIpc) is 2.49. The topological polar surface area (TPSA) is 90.4 Å². The molecule has 1 aromatic heterocycles. The number of esters is 1. The van der Waals surface area contributed by atoms with Crippen molar-refractivity contribution < 1.29 is 14.6 Å². The molecule has 0 aromatic carbocycles. The Bertz CT molecular complexity index is 327. The number of aliphatic hydroxyl groups excluding tert-OH is 1. The van der Waals surface area contributed by atoms with Crippen LogP contribution in [0.2, 0.25) is 0 Å². The van der Waals surface area contributed by atoms with Gasteiger partial charge in [-0.05, 0) is 6.92 Å². The van der Waals surface area contributed by atoms with Gasteiger partial charge in [0.1, 0.15) is 11.4 Å². The van der Waals surface area contributed by atoms with Gasteiger partial charge in [0.05, 0.1) is 26.0 Å². The number of ether oxygens (including phenoxy) is 1. The molecule has 0 atom stereocenters. The zero-order valence-corrected chi connectivity index (χ0v) is 9.16. The van der Waals surface area contributed by atoms with Gasteiger partial charge in [0.25, 0.3) is 0 Å². The van der Waals surface area contributed by atoms with Crippen molar-refractivity contribution in [3.8, 4) is 0 Å². The van der Waals surface area contributed by atoms with Crippen LogP contribution in [0.1, 0.15) is 17.3 Å². The second-order valence-corrected chi connectivity index (χ2v) is 2.61. The van der Waals surface area contributed by atoms with Crippen molar-refractivity contribution >= 4 is 24.2 Å². The lowest BCUT2D eigenvalue weighted by atomic mass is 10.3. The summed E-state index contributed by atoms with van der Waals surface area (Å²) in [7, 11) is 0. The molecule has 0 amide bonds. The van der Waals surface area contributed by atoms with Gasteiger partial charge in [-0.1, -0.05) is 0 Å². The number of carbonyl (C=O) groups is 1. The van der Waals surface area contributed by atoms with Crippen molar-refractivity contribution in [1.82, 2.24) is 9.78 Å². The van der Waals surface area contributed by atoms with Crippen LogP contribution in [0.25, 0.3) is 0 Å². The summed E-state index contributed by atoms with van der Waals surface area (Å²) >= 11 is 0. The van der Waals surface area contributed by atoms with Crippen LogP contribution in [-0.4, -0.2) is 34.1 Å². The van der Waals surface area contributed by atoms with Crippen LogP contribution in [0.3, 0.4) is 0 Å². The number of anilines is 1. The Kier molecular flexibility index (Phi) is 5.73. The molecule has 86 valence electrons. The molecule has 0 aliphatic rings. The SMILES string of the molecule is CCOC(=O)c1cnn(CCO)c1N.Cl. The molecule has 0 aliphatic carbocycles. The van der Waals surface area contributed by atoms with E-state index in [1.807, 2.05) is 0 Å². The third-order valence-corrected chi connectivity index (χ3v) is 1.69. The van der Waals surface area contributed by atoms with E-state index < -0.39 is 5.97 Å². The van der Waals surface area contributed by atoms with Gasteiger partial charge in [-0.25, -0.2) is 9.48 Å². The minimum absolute atomic E-state index is 0. The number of rotatable bonds is 4. The molecule has 0 unspecified atom stereocenters. The van der Waals surface area contributed by atoms with Crippen LogP contribution in [0.5, 0.6) is 0 Å². The molecule has 7 heteroatoms. The quantitative estimate of drug-likeness (QED) is 0.720. The maximum atomic E-state index is 11.3. The Morgan fingerprint density at radius 3 is 2.93 bits per heavy atom. The summed E-state index contributed by atoms with van der Waals surface area (Å²) in [6, 6.07) is 0. The maximum Gasteiger partial charge on any atom is 0.343 e. The first-order valence-electron chi connectivity index (χ1n) is 4.30. The van der Waals surface area contributed by atoms with E-state index in [0.29, 0.717) is 6.61 Å². The first kappa shape index (κ1) is 13.7. The molecule has 1 heterocycles.